The molecule has 22 heavy (non-hydrogen) atoms. The van der Waals surface area contributed by atoms with Gasteiger partial charge < -0.3 is 4.89 Å². The van der Waals surface area contributed by atoms with Crippen molar-refractivity contribution >= 4 is 8.25 Å². The minimum absolute atomic E-state index is 0.347. The largest absolute Gasteiger partial charge is 0.566 e. The van der Waals surface area contributed by atoms with Gasteiger partial charge in [0.05, 0.1) is 0 Å². The summed E-state index contributed by atoms with van der Waals surface area (Å²) in [7, 11) is -2.65. The highest BCUT2D eigenvalue weighted by molar-refractivity contribution is 7.30. The minimum Gasteiger partial charge on any atom is -0.566 e. The maximum atomic E-state index is 10.2. The summed E-state index contributed by atoms with van der Waals surface area (Å²) in [6.07, 6.45) is 22.3. The molecule has 0 aromatic rings. The van der Waals surface area contributed by atoms with E-state index >= 15 is 0 Å². The van der Waals surface area contributed by atoms with Crippen LogP contribution >= 0.6 is 8.25 Å². The van der Waals surface area contributed by atoms with Crippen molar-refractivity contribution in [3.05, 3.63) is 12.2 Å². The maximum absolute atomic E-state index is 10.2. The van der Waals surface area contributed by atoms with E-state index in [1.807, 2.05) is 0 Å². The van der Waals surface area contributed by atoms with Crippen LogP contribution in [0.25, 0.3) is 0 Å². The average molecular weight is 330 g/mol. The van der Waals surface area contributed by atoms with Crippen molar-refractivity contribution in [3.63, 3.8) is 0 Å². The zero-order valence-electron chi connectivity index (χ0n) is 14.4. The summed E-state index contributed by atoms with van der Waals surface area (Å²) < 4.78 is 14.7. The number of hydrogen-bond acceptors (Lipinski definition) is 3. The fourth-order valence-electron chi connectivity index (χ4n) is 2.49. The van der Waals surface area contributed by atoms with Crippen molar-refractivity contribution in [2.75, 3.05) is 6.61 Å². The third-order valence-electron chi connectivity index (χ3n) is 3.85. The molecule has 0 saturated carbocycles. The molecular formula is C18H35O3P. The van der Waals surface area contributed by atoms with Gasteiger partial charge >= 0.3 is 8.25 Å². The molecule has 0 rings (SSSR count). The molecule has 0 aliphatic rings. The predicted octanol–water partition coefficient (Wildman–Crippen LogP) is 6.06. The molecule has 0 saturated heterocycles. The summed E-state index contributed by atoms with van der Waals surface area (Å²) in [6, 6.07) is 0. The fraction of sp³-hybridized carbons (Fsp3) is 0.889. The quantitative estimate of drug-likeness (QED) is 0.185. The first-order valence-corrected chi connectivity index (χ1v) is 10.3. The monoisotopic (exact) mass is 330 g/mol. The van der Waals surface area contributed by atoms with Gasteiger partial charge in [-0.1, -0.05) is 76.9 Å². The van der Waals surface area contributed by atoms with Gasteiger partial charge in [0.1, 0.15) is 6.61 Å². The van der Waals surface area contributed by atoms with Gasteiger partial charge in [-0.05, 0) is 36.7 Å². The van der Waals surface area contributed by atoms with Crippen molar-refractivity contribution in [2.24, 2.45) is 0 Å². The van der Waals surface area contributed by atoms with Gasteiger partial charge in [0.15, 0.2) is 0 Å². The first-order chi connectivity index (χ1) is 10.8. The Hall–Kier alpha value is -0.240. The third kappa shape index (κ3) is 19.8. The van der Waals surface area contributed by atoms with E-state index in [1.54, 1.807) is 0 Å². The molecule has 0 aromatic carbocycles. The lowest BCUT2D eigenvalue weighted by molar-refractivity contribution is -0.185. The van der Waals surface area contributed by atoms with Crippen LogP contribution in [0.15, 0.2) is 12.2 Å². The second-order valence-corrected chi connectivity index (χ2v) is 6.70. The molecule has 0 radical (unpaired) electrons. The van der Waals surface area contributed by atoms with E-state index in [0.29, 0.717) is 6.61 Å². The number of rotatable bonds is 17. The van der Waals surface area contributed by atoms with Crippen LogP contribution in [-0.2, 0) is 9.09 Å². The van der Waals surface area contributed by atoms with E-state index in [1.165, 1.54) is 77.0 Å². The van der Waals surface area contributed by atoms with Gasteiger partial charge in [-0.3, -0.25) is 0 Å². The lowest BCUT2D eigenvalue weighted by atomic mass is 10.1. The molecule has 0 N–H and O–H groups in total. The summed E-state index contributed by atoms with van der Waals surface area (Å²) in [5.74, 6) is 0. The number of hydrogen-bond donors (Lipinski definition) is 0. The van der Waals surface area contributed by atoms with Crippen LogP contribution in [0.4, 0.5) is 0 Å². The van der Waals surface area contributed by atoms with Crippen LogP contribution in [-0.4, -0.2) is 6.61 Å². The first-order valence-electron chi connectivity index (χ1n) is 9.19. The third-order valence-corrected chi connectivity index (χ3v) is 4.25. The lowest BCUT2D eigenvalue weighted by Gasteiger charge is -1.99. The Morgan fingerprint density at radius 3 is 1.73 bits per heavy atom. The van der Waals surface area contributed by atoms with Gasteiger partial charge in [0.2, 0.25) is 0 Å². The Kier molecular flexibility index (Phi) is 18.6. The van der Waals surface area contributed by atoms with E-state index < -0.39 is 8.25 Å². The average Bonchev–Trinajstić information content (AvgIpc) is 2.50. The van der Waals surface area contributed by atoms with Crippen molar-refractivity contribution < 1.29 is 14.0 Å². The zero-order chi connectivity index (χ0) is 16.3. The van der Waals surface area contributed by atoms with Gasteiger partial charge in [-0.15, -0.1) is 4.52 Å². The predicted molar refractivity (Wildman–Crippen MR) is 93.0 cm³/mol. The van der Waals surface area contributed by atoms with Crippen LogP contribution in [0.1, 0.15) is 96.8 Å². The maximum Gasteiger partial charge on any atom is 0.488 e. The SMILES string of the molecule is CCCCCCCC/C=C\CCCCCCCCO[P+](=O)[O-]. The fourth-order valence-corrected chi connectivity index (χ4v) is 2.77. The Labute approximate surface area is 138 Å². The van der Waals surface area contributed by atoms with E-state index in [-0.39, 0.29) is 0 Å². The molecule has 0 fully saturated rings. The summed E-state index contributed by atoms with van der Waals surface area (Å²) in [5, 5.41) is 0. The van der Waals surface area contributed by atoms with Crippen LogP contribution in [0.2, 0.25) is 0 Å². The molecule has 0 aliphatic carbocycles. The van der Waals surface area contributed by atoms with E-state index in [2.05, 4.69) is 23.6 Å². The first kappa shape index (κ1) is 21.8. The highest BCUT2D eigenvalue weighted by Gasteiger charge is 1.99. The molecule has 130 valence electrons. The van der Waals surface area contributed by atoms with Gasteiger partial charge in [-0.2, -0.15) is 0 Å². The molecule has 1 atom stereocenters. The molecule has 0 heterocycles. The molecule has 0 aromatic heterocycles. The minimum atomic E-state index is -2.65. The Morgan fingerprint density at radius 2 is 1.23 bits per heavy atom. The molecule has 0 amide bonds. The molecule has 0 spiro atoms. The second kappa shape index (κ2) is 18.8. The van der Waals surface area contributed by atoms with Crippen LogP contribution in [0.5, 0.6) is 0 Å². The van der Waals surface area contributed by atoms with Crippen molar-refractivity contribution in [2.45, 2.75) is 96.8 Å². The van der Waals surface area contributed by atoms with Crippen molar-refractivity contribution in [1.82, 2.24) is 0 Å². The Morgan fingerprint density at radius 1 is 0.773 bits per heavy atom. The highest BCUT2D eigenvalue weighted by Crippen LogP contribution is 2.12. The van der Waals surface area contributed by atoms with Crippen LogP contribution in [0.3, 0.4) is 0 Å². The summed E-state index contributed by atoms with van der Waals surface area (Å²) in [6.45, 7) is 2.61. The summed E-state index contributed by atoms with van der Waals surface area (Å²) in [5.41, 5.74) is 0. The molecule has 0 aliphatic heterocycles. The highest BCUT2D eigenvalue weighted by atomic mass is 31.1. The smallest absolute Gasteiger partial charge is 0.488 e. The van der Waals surface area contributed by atoms with Crippen LogP contribution < -0.4 is 4.89 Å². The van der Waals surface area contributed by atoms with Gasteiger partial charge in [-0.25, -0.2) is 0 Å². The molecule has 3 nitrogen and oxygen atoms in total. The van der Waals surface area contributed by atoms with Crippen molar-refractivity contribution in [1.29, 1.82) is 0 Å². The molecule has 1 unspecified atom stereocenters. The van der Waals surface area contributed by atoms with E-state index in [0.717, 1.165) is 12.8 Å². The van der Waals surface area contributed by atoms with E-state index in [4.69, 9.17) is 0 Å². The summed E-state index contributed by atoms with van der Waals surface area (Å²) in [4.78, 5) is 10.2. The number of allylic oxidation sites excluding steroid dienone is 2. The normalized spacial score (nSPS) is 12.2. The summed E-state index contributed by atoms with van der Waals surface area (Å²) >= 11 is 0. The van der Waals surface area contributed by atoms with Gasteiger partial charge in [0.25, 0.3) is 0 Å². The topological polar surface area (TPSA) is 49.4 Å². The second-order valence-electron chi connectivity index (χ2n) is 5.99. The Bertz CT molecular complexity index is 267. The molecular weight excluding hydrogens is 295 g/mol. The standard InChI is InChI=1S/C18H35O3P/c1-2-3-4-5-6-7-8-9-10-11-12-13-14-15-16-17-18-21-22(19)20/h9-10H,2-8,11-18H2,1H3/b10-9-. The number of unbranched alkanes of at least 4 members (excludes halogenated alkanes) is 12. The van der Waals surface area contributed by atoms with E-state index in [9.17, 15) is 9.46 Å². The zero-order valence-corrected chi connectivity index (χ0v) is 15.3. The molecule has 0 bridgehead atoms. The van der Waals surface area contributed by atoms with Gasteiger partial charge in [0, 0.05) is 0 Å². The Balaban J connectivity index is 3.06. The molecule has 4 heteroatoms. The lowest BCUT2D eigenvalue weighted by Crippen LogP contribution is -1.93. The van der Waals surface area contributed by atoms with Crippen molar-refractivity contribution in [3.8, 4) is 0 Å². The van der Waals surface area contributed by atoms with Crippen LogP contribution in [0, 0.1) is 0 Å².